The third kappa shape index (κ3) is 3.10. The lowest BCUT2D eigenvalue weighted by Gasteiger charge is -2.06. The summed E-state index contributed by atoms with van der Waals surface area (Å²) in [7, 11) is 0. The van der Waals surface area contributed by atoms with E-state index < -0.39 is 23.2 Å². The van der Waals surface area contributed by atoms with Gasteiger partial charge >= 0.3 is 0 Å². The number of carbonyl (C=O) groups excluding carboxylic acids is 1. The van der Waals surface area contributed by atoms with Crippen LogP contribution in [0.4, 0.5) is 13.2 Å². The van der Waals surface area contributed by atoms with Crippen LogP contribution in [0.2, 0.25) is 0 Å². The van der Waals surface area contributed by atoms with Crippen molar-refractivity contribution >= 4 is 21.7 Å². The van der Waals surface area contributed by atoms with E-state index in [2.05, 4.69) is 15.9 Å². The van der Waals surface area contributed by atoms with E-state index in [1.54, 1.807) is 6.07 Å². The van der Waals surface area contributed by atoms with Crippen molar-refractivity contribution in [3.63, 3.8) is 0 Å². The second-order valence-electron chi connectivity index (χ2n) is 4.42. The van der Waals surface area contributed by atoms with Crippen LogP contribution in [-0.2, 0) is 6.42 Å². The lowest BCUT2D eigenvalue weighted by Crippen LogP contribution is -2.08. The summed E-state index contributed by atoms with van der Waals surface area (Å²) in [6, 6.07) is 6.09. The highest BCUT2D eigenvalue weighted by Crippen LogP contribution is 2.19. The Kier molecular flexibility index (Phi) is 4.28. The minimum Gasteiger partial charge on any atom is -0.294 e. The van der Waals surface area contributed by atoms with Gasteiger partial charge in [0, 0.05) is 17.0 Å². The largest absolute Gasteiger partial charge is 0.294 e. The van der Waals surface area contributed by atoms with Crippen molar-refractivity contribution in [2.75, 3.05) is 0 Å². The molecule has 104 valence electrons. The zero-order chi connectivity index (χ0) is 14.9. The van der Waals surface area contributed by atoms with Gasteiger partial charge in [0.25, 0.3) is 0 Å². The molecule has 0 aliphatic heterocycles. The van der Waals surface area contributed by atoms with Gasteiger partial charge in [-0.1, -0.05) is 22.0 Å². The number of hydrogen-bond donors (Lipinski definition) is 0. The van der Waals surface area contributed by atoms with Gasteiger partial charge in [-0.25, -0.2) is 13.2 Å². The van der Waals surface area contributed by atoms with Crippen LogP contribution in [-0.4, -0.2) is 5.78 Å². The summed E-state index contributed by atoms with van der Waals surface area (Å²) >= 11 is 3.11. The summed E-state index contributed by atoms with van der Waals surface area (Å²) in [5, 5.41) is 0. The Hall–Kier alpha value is -1.62. The van der Waals surface area contributed by atoms with Crippen molar-refractivity contribution < 1.29 is 18.0 Å². The van der Waals surface area contributed by atoms with Gasteiger partial charge in [-0.15, -0.1) is 0 Å². The number of benzene rings is 2. The van der Waals surface area contributed by atoms with Crippen molar-refractivity contribution in [1.82, 2.24) is 0 Å². The number of carbonyl (C=O) groups is 1. The molecule has 0 saturated carbocycles. The lowest BCUT2D eigenvalue weighted by atomic mass is 10.0. The molecule has 0 spiro atoms. The maximum absolute atomic E-state index is 13.6. The summed E-state index contributed by atoms with van der Waals surface area (Å²) in [4.78, 5) is 12.0. The van der Waals surface area contributed by atoms with E-state index in [1.807, 2.05) is 0 Å². The number of ketones is 1. The fourth-order valence-corrected chi connectivity index (χ4v) is 2.14. The van der Waals surface area contributed by atoms with E-state index in [9.17, 15) is 18.0 Å². The highest BCUT2D eigenvalue weighted by Gasteiger charge is 2.16. The van der Waals surface area contributed by atoms with Gasteiger partial charge < -0.3 is 0 Å². The van der Waals surface area contributed by atoms with Crippen molar-refractivity contribution in [1.29, 1.82) is 0 Å². The molecular formula is C15H10BrF3O. The molecule has 2 aromatic rings. The topological polar surface area (TPSA) is 17.1 Å². The normalized spacial score (nSPS) is 10.7. The molecule has 2 rings (SSSR count). The predicted molar refractivity (Wildman–Crippen MR) is 73.2 cm³/mol. The quantitative estimate of drug-likeness (QED) is 0.745. The SMILES string of the molecule is Cc1cc(C(=O)Cc2ccc(Br)cc2F)c(F)cc1F. The number of rotatable bonds is 3. The number of aryl methyl sites for hydroxylation is 1. The Morgan fingerprint density at radius 2 is 1.75 bits per heavy atom. The second kappa shape index (κ2) is 5.79. The van der Waals surface area contributed by atoms with Gasteiger partial charge in [0.15, 0.2) is 5.78 Å². The first-order valence-electron chi connectivity index (χ1n) is 5.81. The Balaban J connectivity index is 2.31. The first-order valence-corrected chi connectivity index (χ1v) is 6.60. The molecule has 2 aromatic carbocycles. The molecule has 0 aliphatic rings. The first kappa shape index (κ1) is 14.8. The predicted octanol–water partition coefficient (Wildman–Crippen LogP) is 4.60. The smallest absolute Gasteiger partial charge is 0.170 e. The Labute approximate surface area is 122 Å². The zero-order valence-electron chi connectivity index (χ0n) is 10.5. The van der Waals surface area contributed by atoms with Gasteiger partial charge in [-0.2, -0.15) is 0 Å². The molecule has 0 fully saturated rings. The summed E-state index contributed by atoms with van der Waals surface area (Å²) in [6.45, 7) is 1.44. The van der Waals surface area contributed by atoms with Crippen molar-refractivity contribution in [3.8, 4) is 0 Å². The third-order valence-electron chi connectivity index (χ3n) is 2.91. The van der Waals surface area contributed by atoms with Crippen LogP contribution in [0.5, 0.6) is 0 Å². The fourth-order valence-electron chi connectivity index (χ4n) is 1.80. The maximum Gasteiger partial charge on any atom is 0.170 e. The fraction of sp³-hybridized carbons (Fsp3) is 0.133. The van der Waals surface area contributed by atoms with Gasteiger partial charge in [0.1, 0.15) is 17.5 Å². The molecule has 5 heteroatoms. The van der Waals surface area contributed by atoms with Crippen LogP contribution in [0.25, 0.3) is 0 Å². The van der Waals surface area contributed by atoms with Gasteiger partial charge in [-0.3, -0.25) is 4.79 Å². The monoisotopic (exact) mass is 342 g/mol. The molecule has 1 nitrogen and oxygen atoms in total. The standard InChI is InChI=1S/C15H10BrF3O/c1-8-4-11(14(19)7-12(8)17)15(20)5-9-2-3-10(16)6-13(9)18/h2-4,6-7H,5H2,1H3. The molecule has 0 N–H and O–H groups in total. The Bertz CT molecular complexity index is 683. The highest BCUT2D eigenvalue weighted by molar-refractivity contribution is 9.10. The van der Waals surface area contributed by atoms with Crippen molar-refractivity contribution in [3.05, 3.63) is 68.9 Å². The average molecular weight is 343 g/mol. The molecule has 0 aliphatic carbocycles. The van der Waals surface area contributed by atoms with E-state index in [-0.39, 0.29) is 23.1 Å². The molecular weight excluding hydrogens is 333 g/mol. The van der Waals surface area contributed by atoms with Crippen molar-refractivity contribution in [2.45, 2.75) is 13.3 Å². The lowest BCUT2D eigenvalue weighted by molar-refractivity contribution is 0.0987. The van der Waals surface area contributed by atoms with Gasteiger partial charge in [0.05, 0.1) is 5.56 Å². The van der Waals surface area contributed by atoms with Crippen LogP contribution in [0.3, 0.4) is 0 Å². The second-order valence-corrected chi connectivity index (χ2v) is 5.33. The third-order valence-corrected chi connectivity index (χ3v) is 3.41. The van der Waals surface area contributed by atoms with Crippen LogP contribution in [0, 0.1) is 24.4 Å². The maximum atomic E-state index is 13.6. The molecule has 0 atom stereocenters. The summed E-state index contributed by atoms with van der Waals surface area (Å²) < 4.78 is 40.9. The number of hydrogen-bond acceptors (Lipinski definition) is 1. The van der Waals surface area contributed by atoms with E-state index in [4.69, 9.17) is 0 Å². The summed E-state index contributed by atoms with van der Waals surface area (Å²) in [6.07, 6.45) is -0.277. The molecule has 0 radical (unpaired) electrons. The van der Waals surface area contributed by atoms with Gasteiger partial charge in [0.2, 0.25) is 0 Å². The summed E-state index contributed by atoms with van der Waals surface area (Å²) in [5.41, 5.74) is 0.108. The van der Waals surface area contributed by atoms with Crippen LogP contribution in [0.1, 0.15) is 21.5 Å². The van der Waals surface area contributed by atoms with E-state index >= 15 is 0 Å². The Morgan fingerprint density at radius 1 is 1.05 bits per heavy atom. The Morgan fingerprint density at radius 3 is 2.40 bits per heavy atom. The molecule has 0 bridgehead atoms. The highest BCUT2D eigenvalue weighted by atomic mass is 79.9. The van der Waals surface area contributed by atoms with Crippen LogP contribution < -0.4 is 0 Å². The first-order chi connectivity index (χ1) is 9.38. The molecule has 20 heavy (non-hydrogen) atoms. The molecule has 0 saturated heterocycles. The zero-order valence-corrected chi connectivity index (χ0v) is 12.1. The molecule has 0 unspecified atom stereocenters. The van der Waals surface area contributed by atoms with Gasteiger partial charge in [-0.05, 0) is 36.2 Å². The van der Waals surface area contributed by atoms with Crippen LogP contribution >= 0.6 is 15.9 Å². The molecule has 0 aromatic heterocycles. The number of halogens is 4. The summed E-state index contributed by atoms with van der Waals surface area (Å²) in [5.74, 6) is -2.79. The minimum absolute atomic E-state index is 0.166. The number of Topliss-reactive ketones (excluding diaryl/α,β-unsaturated/α-hetero) is 1. The van der Waals surface area contributed by atoms with Crippen LogP contribution in [0.15, 0.2) is 34.8 Å². The average Bonchev–Trinajstić information content (AvgIpc) is 2.37. The van der Waals surface area contributed by atoms with E-state index in [0.29, 0.717) is 10.5 Å². The van der Waals surface area contributed by atoms with Crippen molar-refractivity contribution in [2.24, 2.45) is 0 Å². The minimum atomic E-state index is -0.935. The van der Waals surface area contributed by atoms with E-state index in [0.717, 1.165) is 6.07 Å². The van der Waals surface area contributed by atoms with E-state index in [1.165, 1.54) is 19.1 Å². The molecule has 0 amide bonds. The molecule has 0 heterocycles.